The second kappa shape index (κ2) is 6.88. The van der Waals surface area contributed by atoms with Gasteiger partial charge >= 0.3 is 0 Å². The van der Waals surface area contributed by atoms with Crippen LogP contribution in [-0.4, -0.2) is 19.8 Å². The standard InChI is InChI=1S/C5H14N2O/c1-3-6-5-8-7-4-2/h6-7H,3-5H2,1-2H3. The lowest BCUT2D eigenvalue weighted by Crippen LogP contribution is -2.24. The molecule has 0 aliphatic rings. The molecule has 0 saturated heterocycles. The van der Waals surface area contributed by atoms with E-state index in [0.717, 1.165) is 13.1 Å². The van der Waals surface area contributed by atoms with Crippen molar-refractivity contribution < 1.29 is 4.84 Å². The molecule has 0 atom stereocenters. The summed E-state index contributed by atoms with van der Waals surface area (Å²) in [6, 6.07) is 0. The van der Waals surface area contributed by atoms with Gasteiger partial charge in [-0.05, 0) is 6.54 Å². The Morgan fingerprint density at radius 2 is 2.00 bits per heavy atom. The van der Waals surface area contributed by atoms with Gasteiger partial charge in [-0.3, -0.25) is 10.2 Å². The van der Waals surface area contributed by atoms with Gasteiger partial charge in [0, 0.05) is 6.54 Å². The summed E-state index contributed by atoms with van der Waals surface area (Å²) in [7, 11) is 0. The minimum Gasteiger partial charge on any atom is -0.293 e. The van der Waals surface area contributed by atoms with Gasteiger partial charge in [-0.15, -0.1) is 0 Å². The molecule has 0 unspecified atom stereocenters. The number of hydrogen-bond acceptors (Lipinski definition) is 3. The van der Waals surface area contributed by atoms with Crippen LogP contribution in [0.4, 0.5) is 0 Å². The van der Waals surface area contributed by atoms with Crippen LogP contribution in [0.2, 0.25) is 0 Å². The predicted octanol–water partition coefficient (Wildman–Crippen LogP) is 0.0945. The van der Waals surface area contributed by atoms with Gasteiger partial charge in [-0.25, -0.2) is 5.48 Å². The van der Waals surface area contributed by atoms with Gasteiger partial charge in [-0.1, -0.05) is 13.8 Å². The highest BCUT2D eigenvalue weighted by molar-refractivity contribution is 4.25. The lowest BCUT2D eigenvalue weighted by molar-refractivity contribution is 0.0325. The molecule has 3 nitrogen and oxygen atoms in total. The van der Waals surface area contributed by atoms with Crippen molar-refractivity contribution in [2.75, 3.05) is 19.8 Å². The molecule has 2 N–H and O–H groups in total. The molecular weight excluding hydrogens is 104 g/mol. The molecule has 0 aromatic rings. The van der Waals surface area contributed by atoms with Gasteiger partial charge < -0.3 is 0 Å². The van der Waals surface area contributed by atoms with Crippen LogP contribution < -0.4 is 10.8 Å². The zero-order valence-corrected chi connectivity index (χ0v) is 5.53. The van der Waals surface area contributed by atoms with Crippen molar-refractivity contribution in [2.24, 2.45) is 0 Å². The summed E-state index contributed by atoms with van der Waals surface area (Å²) < 4.78 is 0. The molecule has 0 radical (unpaired) electrons. The van der Waals surface area contributed by atoms with Crippen LogP contribution in [0.15, 0.2) is 0 Å². The van der Waals surface area contributed by atoms with Crippen molar-refractivity contribution in [3.8, 4) is 0 Å². The van der Waals surface area contributed by atoms with Crippen molar-refractivity contribution in [3.63, 3.8) is 0 Å². The van der Waals surface area contributed by atoms with Crippen molar-refractivity contribution in [1.82, 2.24) is 10.8 Å². The average Bonchev–Trinajstić information content (AvgIpc) is 1.81. The third-order valence-electron chi connectivity index (χ3n) is 0.671. The maximum absolute atomic E-state index is 4.86. The maximum Gasteiger partial charge on any atom is 0.118 e. The van der Waals surface area contributed by atoms with E-state index in [2.05, 4.69) is 10.8 Å². The monoisotopic (exact) mass is 118 g/mol. The minimum atomic E-state index is 0.588. The van der Waals surface area contributed by atoms with Crippen molar-refractivity contribution in [1.29, 1.82) is 0 Å². The van der Waals surface area contributed by atoms with Crippen molar-refractivity contribution >= 4 is 0 Å². The Morgan fingerprint density at radius 3 is 2.50 bits per heavy atom. The first kappa shape index (κ1) is 7.88. The molecule has 0 amide bonds. The quantitative estimate of drug-likeness (QED) is 0.305. The Labute approximate surface area is 50.4 Å². The second-order valence-electron chi connectivity index (χ2n) is 1.39. The summed E-state index contributed by atoms with van der Waals surface area (Å²) in [6.07, 6.45) is 0. The molecule has 3 heteroatoms. The van der Waals surface area contributed by atoms with Crippen LogP contribution in [0.5, 0.6) is 0 Å². The highest BCUT2D eigenvalue weighted by atomic mass is 16.7. The number of rotatable bonds is 5. The first-order chi connectivity index (χ1) is 3.91. The fourth-order valence-corrected chi connectivity index (χ4v) is 0.306. The smallest absolute Gasteiger partial charge is 0.118 e. The third-order valence-corrected chi connectivity index (χ3v) is 0.671. The molecule has 50 valence electrons. The number of hydrogen-bond donors (Lipinski definition) is 2. The molecular formula is C5H14N2O. The van der Waals surface area contributed by atoms with Crippen LogP contribution in [0.3, 0.4) is 0 Å². The lowest BCUT2D eigenvalue weighted by atomic mass is 10.8. The van der Waals surface area contributed by atoms with Crippen LogP contribution in [0.25, 0.3) is 0 Å². The van der Waals surface area contributed by atoms with E-state index in [1.54, 1.807) is 0 Å². The average molecular weight is 118 g/mol. The van der Waals surface area contributed by atoms with Crippen molar-refractivity contribution in [3.05, 3.63) is 0 Å². The number of nitrogens with one attached hydrogen (secondary N) is 2. The zero-order valence-electron chi connectivity index (χ0n) is 5.53. The molecule has 0 aliphatic carbocycles. The third kappa shape index (κ3) is 5.88. The Hall–Kier alpha value is -0.120. The second-order valence-corrected chi connectivity index (χ2v) is 1.39. The molecule has 0 bridgehead atoms. The Bertz CT molecular complexity index is 35.4. The van der Waals surface area contributed by atoms with E-state index in [4.69, 9.17) is 4.84 Å². The van der Waals surface area contributed by atoms with E-state index >= 15 is 0 Å². The highest BCUT2D eigenvalue weighted by Gasteiger charge is 1.77. The van der Waals surface area contributed by atoms with Gasteiger partial charge in [0.05, 0.1) is 0 Å². The fourth-order valence-electron chi connectivity index (χ4n) is 0.306. The molecule has 0 saturated carbocycles. The lowest BCUT2D eigenvalue weighted by Gasteiger charge is -2.01. The normalized spacial score (nSPS) is 9.75. The maximum atomic E-state index is 4.86. The largest absolute Gasteiger partial charge is 0.293 e. The van der Waals surface area contributed by atoms with Crippen LogP contribution in [-0.2, 0) is 4.84 Å². The van der Waals surface area contributed by atoms with Gasteiger partial charge in [0.15, 0.2) is 0 Å². The molecule has 0 aromatic carbocycles. The summed E-state index contributed by atoms with van der Waals surface area (Å²) >= 11 is 0. The first-order valence-corrected chi connectivity index (χ1v) is 2.97. The first-order valence-electron chi connectivity index (χ1n) is 2.97. The molecule has 0 spiro atoms. The topological polar surface area (TPSA) is 33.3 Å². The summed E-state index contributed by atoms with van der Waals surface area (Å²) in [5.41, 5.74) is 2.72. The summed E-state index contributed by atoms with van der Waals surface area (Å²) in [6.45, 7) is 6.42. The Balaban J connectivity index is 2.53. The molecule has 0 aromatic heterocycles. The van der Waals surface area contributed by atoms with Gasteiger partial charge in [0.2, 0.25) is 0 Å². The van der Waals surface area contributed by atoms with E-state index in [1.165, 1.54) is 0 Å². The Morgan fingerprint density at radius 1 is 1.25 bits per heavy atom. The summed E-state index contributed by atoms with van der Waals surface area (Å²) in [5.74, 6) is 0. The SMILES string of the molecule is CCNCONCC. The van der Waals surface area contributed by atoms with E-state index in [1.807, 2.05) is 13.8 Å². The summed E-state index contributed by atoms with van der Waals surface area (Å²) in [4.78, 5) is 4.86. The summed E-state index contributed by atoms with van der Waals surface area (Å²) in [5, 5.41) is 3.00. The molecule has 0 rings (SSSR count). The van der Waals surface area contributed by atoms with Gasteiger partial charge in [0.25, 0.3) is 0 Å². The zero-order chi connectivity index (χ0) is 6.24. The van der Waals surface area contributed by atoms with Crippen LogP contribution in [0.1, 0.15) is 13.8 Å². The van der Waals surface area contributed by atoms with Gasteiger partial charge in [0.1, 0.15) is 6.73 Å². The van der Waals surface area contributed by atoms with E-state index in [-0.39, 0.29) is 0 Å². The minimum absolute atomic E-state index is 0.588. The number of hydroxylamine groups is 1. The molecule has 8 heavy (non-hydrogen) atoms. The van der Waals surface area contributed by atoms with Crippen molar-refractivity contribution in [2.45, 2.75) is 13.8 Å². The van der Waals surface area contributed by atoms with Gasteiger partial charge in [-0.2, -0.15) is 0 Å². The fraction of sp³-hybridized carbons (Fsp3) is 1.00. The van der Waals surface area contributed by atoms with E-state index in [0.29, 0.717) is 6.73 Å². The van der Waals surface area contributed by atoms with Crippen LogP contribution in [0, 0.1) is 0 Å². The molecule has 0 heterocycles. The van der Waals surface area contributed by atoms with Crippen LogP contribution >= 0.6 is 0 Å². The Kier molecular flexibility index (Phi) is 6.78. The highest BCUT2D eigenvalue weighted by Crippen LogP contribution is 1.59. The predicted molar refractivity (Wildman–Crippen MR) is 33.3 cm³/mol. The van der Waals surface area contributed by atoms with E-state index < -0.39 is 0 Å². The molecule has 0 fully saturated rings. The van der Waals surface area contributed by atoms with E-state index in [9.17, 15) is 0 Å². The molecule has 0 aliphatic heterocycles.